The predicted molar refractivity (Wildman–Crippen MR) is 48.1 cm³/mol. The molecule has 0 fully saturated rings. The molecule has 0 spiro atoms. The number of carboxylic acid groups (broad SMARTS) is 1. The van der Waals surface area contributed by atoms with E-state index in [-0.39, 0.29) is 13.2 Å². The zero-order valence-corrected chi connectivity index (χ0v) is 8.77. The van der Waals surface area contributed by atoms with Gasteiger partial charge in [0.25, 0.3) is 5.78 Å². The van der Waals surface area contributed by atoms with E-state index in [1.807, 2.05) is 0 Å². The Kier molecular flexibility index (Phi) is 5.52. The molecule has 0 aromatic carbocycles. The third-order valence-corrected chi connectivity index (χ3v) is 3.39. The summed E-state index contributed by atoms with van der Waals surface area (Å²) in [5, 5.41) is 10.8. The van der Waals surface area contributed by atoms with Crippen molar-refractivity contribution in [2.24, 2.45) is 5.18 Å². The fourth-order valence-electron chi connectivity index (χ4n) is 0.776. The Bertz CT molecular complexity index is 245. The second-order valence-electron chi connectivity index (χ2n) is 2.19. The zero-order chi connectivity index (χ0) is 11.2. The van der Waals surface area contributed by atoms with E-state index in [2.05, 4.69) is 14.2 Å². The van der Waals surface area contributed by atoms with E-state index in [1.165, 1.54) is 13.8 Å². The molecule has 82 valence electrons. The monoisotopic (exact) mass is 225 g/mol. The number of hydrogen-bond acceptors (Lipinski definition) is 6. The summed E-state index contributed by atoms with van der Waals surface area (Å²) in [7, 11) is -3.96. The number of nitroso groups, excluding NO2 is 1. The topological polar surface area (TPSA) is 102 Å². The molecule has 0 aliphatic heterocycles. The number of hydrogen-bond donors (Lipinski definition) is 1. The Balaban J connectivity index is 4.85. The van der Waals surface area contributed by atoms with Crippen LogP contribution in [0.3, 0.4) is 0 Å². The normalized spacial score (nSPS) is 13.6. The molecule has 8 heteroatoms. The molecule has 14 heavy (non-hydrogen) atoms. The van der Waals surface area contributed by atoms with Crippen LogP contribution in [0, 0.1) is 4.91 Å². The van der Waals surface area contributed by atoms with Crippen LogP contribution in [0.25, 0.3) is 0 Å². The van der Waals surface area contributed by atoms with E-state index in [1.54, 1.807) is 0 Å². The highest BCUT2D eigenvalue weighted by atomic mass is 31.2. The zero-order valence-electron chi connectivity index (χ0n) is 7.87. The molecule has 0 radical (unpaired) electrons. The first kappa shape index (κ1) is 13.2. The average Bonchev–Trinajstić information content (AvgIpc) is 2.04. The van der Waals surface area contributed by atoms with Crippen molar-refractivity contribution in [1.82, 2.24) is 0 Å². The lowest BCUT2D eigenvalue weighted by atomic mass is 10.7. The largest absolute Gasteiger partial charge is 0.479 e. The molecule has 0 aromatic rings. The fraction of sp³-hybridized carbons (Fsp3) is 0.833. The maximum atomic E-state index is 11.7. The molecule has 0 saturated carbocycles. The van der Waals surface area contributed by atoms with Gasteiger partial charge in [-0.1, -0.05) is 0 Å². The lowest BCUT2D eigenvalue weighted by Crippen LogP contribution is -2.20. The predicted octanol–water partition coefficient (Wildman–Crippen LogP) is 1.43. The number of carbonyl (C=O) groups is 1. The van der Waals surface area contributed by atoms with Crippen LogP contribution >= 0.6 is 7.60 Å². The average molecular weight is 225 g/mol. The summed E-state index contributed by atoms with van der Waals surface area (Å²) in [6.45, 7) is 2.98. The van der Waals surface area contributed by atoms with Crippen LogP contribution in [-0.2, 0) is 18.4 Å². The van der Waals surface area contributed by atoms with Gasteiger partial charge in [0.05, 0.1) is 13.2 Å². The molecule has 0 rings (SSSR count). The minimum atomic E-state index is -3.96. The van der Waals surface area contributed by atoms with Crippen molar-refractivity contribution in [3.05, 3.63) is 4.91 Å². The lowest BCUT2D eigenvalue weighted by Gasteiger charge is -2.17. The fourth-order valence-corrected chi connectivity index (χ4v) is 2.24. The van der Waals surface area contributed by atoms with Gasteiger partial charge >= 0.3 is 13.6 Å². The molecule has 1 atom stereocenters. The van der Waals surface area contributed by atoms with Gasteiger partial charge in [-0.2, -0.15) is 0 Å². The molecule has 0 bridgehead atoms. The molecule has 0 heterocycles. The number of rotatable bonds is 7. The van der Waals surface area contributed by atoms with Crippen molar-refractivity contribution in [1.29, 1.82) is 0 Å². The summed E-state index contributed by atoms with van der Waals surface area (Å²) in [5.41, 5.74) is 0. The highest BCUT2D eigenvalue weighted by molar-refractivity contribution is 7.55. The summed E-state index contributed by atoms with van der Waals surface area (Å²) >= 11 is 0. The van der Waals surface area contributed by atoms with Gasteiger partial charge in [0, 0.05) is 0 Å². The maximum Gasteiger partial charge on any atom is 0.370 e. The summed E-state index contributed by atoms with van der Waals surface area (Å²) in [4.78, 5) is 20.7. The van der Waals surface area contributed by atoms with Gasteiger partial charge in [-0.3, -0.25) is 4.57 Å². The van der Waals surface area contributed by atoms with Crippen LogP contribution in [0.4, 0.5) is 0 Å². The first-order valence-electron chi connectivity index (χ1n) is 3.95. The molecule has 0 aliphatic carbocycles. The Morgan fingerprint density at radius 1 is 1.43 bits per heavy atom. The molecule has 7 nitrogen and oxygen atoms in total. The van der Waals surface area contributed by atoms with E-state index in [9.17, 15) is 14.3 Å². The summed E-state index contributed by atoms with van der Waals surface area (Å²) < 4.78 is 21.0. The third-order valence-electron chi connectivity index (χ3n) is 1.24. The number of nitrogens with zero attached hydrogens (tertiary/aromatic N) is 1. The van der Waals surface area contributed by atoms with Crippen molar-refractivity contribution >= 4 is 13.6 Å². The van der Waals surface area contributed by atoms with Gasteiger partial charge in [-0.15, -0.1) is 4.91 Å². The molecule has 0 aliphatic rings. The maximum absolute atomic E-state index is 11.7. The second-order valence-corrected chi connectivity index (χ2v) is 4.28. The van der Waals surface area contributed by atoms with Gasteiger partial charge in [-0.05, 0) is 19.0 Å². The molecule has 0 aromatic heterocycles. The second kappa shape index (κ2) is 5.85. The molecule has 1 unspecified atom stereocenters. The summed E-state index contributed by atoms with van der Waals surface area (Å²) in [5.74, 6) is -3.62. The molecule has 1 N–H and O–H groups in total. The van der Waals surface area contributed by atoms with E-state index >= 15 is 0 Å². The van der Waals surface area contributed by atoms with Crippen molar-refractivity contribution < 1.29 is 23.5 Å². The highest BCUT2D eigenvalue weighted by Crippen LogP contribution is 2.53. The summed E-state index contributed by atoms with van der Waals surface area (Å²) in [6.07, 6.45) is 0. The highest BCUT2D eigenvalue weighted by Gasteiger charge is 2.42. The van der Waals surface area contributed by atoms with Crippen LogP contribution < -0.4 is 0 Å². The Labute approximate surface area is 80.9 Å². The van der Waals surface area contributed by atoms with Gasteiger partial charge in [0.15, 0.2) is 0 Å². The molecular weight excluding hydrogens is 213 g/mol. The molecule has 0 amide bonds. The smallest absolute Gasteiger partial charge is 0.370 e. The Hall–Kier alpha value is -0.780. The van der Waals surface area contributed by atoms with Crippen LogP contribution in [0.15, 0.2) is 5.18 Å². The third kappa shape index (κ3) is 3.17. The van der Waals surface area contributed by atoms with Crippen LogP contribution in [0.1, 0.15) is 13.8 Å². The molecule has 0 saturated heterocycles. The number of aliphatic carboxylic acids is 1. The Morgan fingerprint density at radius 3 is 2.07 bits per heavy atom. The van der Waals surface area contributed by atoms with E-state index in [4.69, 9.17) is 5.11 Å². The van der Waals surface area contributed by atoms with E-state index in [0.29, 0.717) is 0 Å². The van der Waals surface area contributed by atoms with Gasteiger partial charge in [0.2, 0.25) is 0 Å². The van der Waals surface area contributed by atoms with Crippen LogP contribution in [0.5, 0.6) is 0 Å². The van der Waals surface area contributed by atoms with Crippen molar-refractivity contribution in [3.8, 4) is 0 Å². The van der Waals surface area contributed by atoms with Crippen LogP contribution in [0.2, 0.25) is 0 Å². The first-order valence-corrected chi connectivity index (χ1v) is 5.57. The minimum absolute atomic E-state index is 0.0173. The van der Waals surface area contributed by atoms with Gasteiger partial charge in [-0.25, -0.2) is 4.79 Å². The van der Waals surface area contributed by atoms with Gasteiger partial charge in [0.1, 0.15) is 0 Å². The minimum Gasteiger partial charge on any atom is -0.479 e. The van der Waals surface area contributed by atoms with Crippen LogP contribution in [-0.4, -0.2) is 30.1 Å². The molecular formula is C6H12NO6P. The Morgan fingerprint density at radius 2 is 1.86 bits per heavy atom. The lowest BCUT2D eigenvalue weighted by molar-refractivity contribution is -0.136. The van der Waals surface area contributed by atoms with E-state index in [0.717, 1.165) is 0 Å². The quantitative estimate of drug-likeness (QED) is 0.519. The summed E-state index contributed by atoms with van der Waals surface area (Å²) in [6, 6.07) is 0. The number of carboxylic acids is 1. The standard InChI is InChI=1S/C6H12NO6P/c1-3-12-14(11,13-4-2)5(7-10)6(8)9/h5H,3-4H2,1-2H3,(H,8,9). The van der Waals surface area contributed by atoms with Crippen molar-refractivity contribution in [2.45, 2.75) is 19.6 Å². The van der Waals surface area contributed by atoms with Crippen molar-refractivity contribution in [2.75, 3.05) is 13.2 Å². The van der Waals surface area contributed by atoms with E-state index < -0.39 is 19.3 Å². The van der Waals surface area contributed by atoms with Crippen molar-refractivity contribution in [3.63, 3.8) is 0 Å². The first-order chi connectivity index (χ1) is 6.51. The van der Waals surface area contributed by atoms with Gasteiger partial charge < -0.3 is 14.2 Å². The SMILES string of the molecule is CCOP(=O)(OCC)C(N=O)C(=O)O.